The number of benzene rings is 6. The van der Waals surface area contributed by atoms with Crippen LogP contribution in [-0.2, 0) is 0 Å². The van der Waals surface area contributed by atoms with Crippen LogP contribution in [0.5, 0.6) is 0 Å². The predicted molar refractivity (Wildman–Crippen MR) is 171 cm³/mol. The van der Waals surface area contributed by atoms with Crippen molar-refractivity contribution in [1.82, 2.24) is 0 Å². The van der Waals surface area contributed by atoms with Gasteiger partial charge in [0.05, 0.1) is 0 Å². The minimum absolute atomic E-state index is 0.189. The molecular weight excluding hydrogens is 503 g/mol. The lowest BCUT2D eigenvalue weighted by Crippen LogP contribution is -2.59. The lowest BCUT2D eigenvalue weighted by atomic mass is 9.35. The van der Waals surface area contributed by atoms with E-state index in [-0.39, 0.29) is 6.71 Å². The summed E-state index contributed by atoms with van der Waals surface area (Å²) in [6.45, 7) is 0.189. The predicted octanol–water partition coefficient (Wildman–Crippen LogP) is 7.92. The van der Waals surface area contributed by atoms with Gasteiger partial charge in [0, 0.05) is 43.9 Å². The van der Waals surface area contributed by atoms with Crippen molar-refractivity contribution >= 4 is 69.0 Å². The van der Waals surface area contributed by atoms with Crippen LogP contribution in [0.25, 0.3) is 0 Å². The minimum Gasteiger partial charge on any atom is -0.311 e. The van der Waals surface area contributed by atoms with Crippen LogP contribution in [-0.4, -0.2) is 6.71 Å². The highest BCUT2D eigenvalue weighted by molar-refractivity contribution is 8.00. The average molecular weight is 528 g/mol. The molecular formula is C36H25BN2S. The largest absolute Gasteiger partial charge is 0.311 e. The molecule has 0 aliphatic carbocycles. The van der Waals surface area contributed by atoms with Gasteiger partial charge in [-0.25, -0.2) is 0 Å². The number of hydrogen-bond acceptors (Lipinski definition) is 3. The van der Waals surface area contributed by atoms with Crippen LogP contribution in [0.4, 0.5) is 34.1 Å². The van der Waals surface area contributed by atoms with Crippen LogP contribution < -0.4 is 26.2 Å². The number of rotatable bonds is 4. The van der Waals surface area contributed by atoms with Crippen LogP contribution in [0, 0.1) is 0 Å². The average Bonchev–Trinajstić information content (AvgIpc) is 3.02. The highest BCUT2D eigenvalue weighted by atomic mass is 32.2. The molecule has 0 aromatic heterocycles. The van der Waals surface area contributed by atoms with Crippen LogP contribution in [0.3, 0.4) is 0 Å². The van der Waals surface area contributed by atoms with Crippen LogP contribution in [0.15, 0.2) is 161 Å². The smallest absolute Gasteiger partial charge is 0.249 e. The fourth-order valence-electron chi connectivity index (χ4n) is 6.21. The van der Waals surface area contributed by atoms with Crippen molar-refractivity contribution in [3.05, 3.63) is 152 Å². The van der Waals surface area contributed by atoms with Gasteiger partial charge in [0.1, 0.15) is 0 Å². The van der Waals surface area contributed by atoms with E-state index in [1.54, 1.807) is 0 Å². The third-order valence-corrected chi connectivity index (χ3v) is 9.06. The monoisotopic (exact) mass is 528 g/mol. The molecule has 0 N–H and O–H groups in total. The second-order valence-corrected chi connectivity index (χ2v) is 11.3. The summed E-state index contributed by atoms with van der Waals surface area (Å²) in [5.74, 6) is 0. The summed E-state index contributed by atoms with van der Waals surface area (Å²) in [4.78, 5) is 7.49. The minimum atomic E-state index is 0.189. The van der Waals surface area contributed by atoms with E-state index in [4.69, 9.17) is 0 Å². The Kier molecular flexibility index (Phi) is 5.53. The van der Waals surface area contributed by atoms with E-state index in [1.165, 1.54) is 43.2 Å². The Morgan fingerprint density at radius 3 is 1.82 bits per heavy atom. The fraction of sp³-hybridized carbons (Fsp3) is 0. The molecule has 8 rings (SSSR count). The van der Waals surface area contributed by atoms with Gasteiger partial charge >= 0.3 is 0 Å². The normalized spacial score (nSPS) is 12.8. The number of hydrogen-bond donors (Lipinski definition) is 0. The fourth-order valence-corrected chi connectivity index (χ4v) is 7.38. The molecule has 2 aliphatic heterocycles. The summed E-state index contributed by atoms with van der Waals surface area (Å²) < 4.78 is 0. The molecule has 0 bridgehead atoms. The SMILES string of the molecule is c1ccc(N(c2ccccc2)c2ccc3c(c2)N(c2ccccc2)c2cccc4c2B3c2ccccc2S4)cc1. The highest BCUT2D eigenvalue weighted by Gasteiger charge is 2.40. The first kappa shape index (κ1) is 23.2. The van der Waals surface area contributed by atoms with Crippen molar-refractivity contribution < 1.29 is 0 Å². The molecule has 0 spiro atoms. The van der Waals surface area contributed by atoms with E-state index < -0.39 is 0 Å². The second kappa shape index (κ2) is 9.51. The van der Waals surface area contributed by atoms with Crippen molar-refractivity contribution in [3.63, 3.8) is 0 Å². The maximum atomic E-state index is 2.46. The van der Waals surface area contributed by atoms with Crippen molar-refractivity contribution in [1.29, 1.82) is 0 Å². The molecule has 2 heterocycles. The van der Waals surface area contributed by atoms with E-state index in [0.29, 0.717) is 0 Å². The number of fused-ring (bicyclic) bond motifs is 4. The van der Waals surface area contributed by atoms with E-state index >= 15 is 0 Å². The van der Waals surface area contributed by atoms with Gasteiger partial charge in [-0.2, -0.15) is 0 Å². The zero-order valence-electron chi connectivity index (χ0n) is 21.8. The Morgan fingerprint density at radius 2 is 1.10 bits per heavy atom. The maximum absolute atomic E-state index is 2.46. The standard InChI is InChI=1S/C36H25BN2S/c1-4-13-26(14-5-1)38(27-15-6-2-7-16-27)29-23-24-30-33(25-29)39(28-17-8-3-9-18-28)32-20-12-22-35-36(32)37(30)31-19-10-11-21-34(31)40-35/h1-25H. The van der Waals surface area contributed by atoms with Gasteiger partial charge in [-0.15, -0.1) is 0 Å². The summed E-state index contributed by atoms with van der Waals surface area (Å²) in [6.07, 6.45) is 0. The van der Waals surface area contributed by atoms with Gasteiger partial charge < -0.3 is 9.80 Å². The van der Waals surface area contributed by atoms with Crippen LogP contribution >= 0.6 is 11.8 Å². The van der Waals surface area contributed by atoms with Crippen molar-refractivity contribution in [2.24, 2.45) is 0 Å². The molecule has 40 heavy (non-hydrogen) atoms. The molecule has 4 heteroatoms. The first-order valence-corrected chi connectivity index (χ1v) is 14.5. The second-order valence-electron chi connectivity index (χ2n) is 10.2. The Balaban J connectivity index is 1.40. The molecule has 0 atom stereocenters. The summed E-state index contributed by atoms with van der Waals surface area (Å²) in [5.41, 5.74) is 11.2. The molecule has 6 aromatic rings. The number of anilines is 6. The summed E-state index contributed by atoms with van der Waals surface area (Å²) in [7, 11) is 0. The molecule has 0 unspecified atom stereocenters. The Hall–Kier alpha value is -4.67. The summed E-state index contributed by atoms with van der Waals surface area (Å²) in [6, 6.07) is 54.8. The summed E-state index contributed by atoms with van der Waals surface area (Å²) in [5, 5.41) is 0. The topological polar surface area (TPSA) is 6.48 Å². The molecule has 2 aliphatic rings. The quantitative estimate of drug-likeness (QED) is 0.214. The van der Waals surface area contributed by atoms with Gasteiger partial charge in [-0.3, -0.25) is 0 Å². The van der Waals surface area contributed by atoms with E-state index in [1.807, 2.05) is 11.8 Å². The summed E-state index contributed by atoms with van der Waals surface area (Å²) >= 11 is 1.89. The van der Waals surface area contributed by atoms with Gasteiger partial charge in [-0.05, 0) is 77.7 Å². The van der Waals surface area contributed by atoms with Crippen LogP contribution in [0.1, 0.15) is 0 Å². The zero-order valence-corrected chi connectivity index (χ0v) is 22.6. The number of para-hydroxylation sites is 3. The third kappa shape index (κ3) is 3.68. The Bertz CT molecular complexity index is 1800. The van der Waals surface area contributed by atoms with Gasteiger partial charge in [0.15, 0.2) is 0 Å². The molecule has 0 saturated heterocycles. The lowest BCUT2D eigenvalue weighted by molar-refractivity contribution is 1.24. The molecule has 2 nitrogen and oxygen atoms in total. The van der Waals surface area contributed by atoms with Crippen LogP contribution in [0.2, 0.25) is 0 Å². The molecule has 188 valence electrons. The van der Waals surface area contributed by atoms with E-state index in [0.717, 1.165) is 17.1 Å². The van der Waals surface area contributed by atoms with Gasteiger partial charge in [-0.1, -0.05) is 102 Å². The van der Waals surface area contributed by atoms with Gasteiger partial charge in [0.25, 0.3) is 0 Å². The molecule has 0 amide bonds. The lowest BCUT2D eigenvalue weighted by Gasteiger charge is -2.40. The molecule has 0 fully saturated rings. The molecule has 6 aromatic carbocycles. The van der Waals surface area contributed by atoms with Crippen molar-refractivity contribution in [2.45, 2.75) is 9.79 Å². The third-order valence-electron chi connectivity index (χ3n) is 7.89. The molecule has 0 saturated carbocycles. The first-order chi connectivity index (χ1) is 19.9. The number of nitrogens with zero attached hydrogens (tertiary/aromatic N) is 2. The van der Waals surface area contributed by atoms with Crippen molar-refractivity contribution in [2.75, 3.05) is 9.80 Å². The van der Waals surface area contributed by atoms with E-state index in [2.05, 4.69) is 161 Å². The zero-order chi connectivity index (χ0) is 26.5. The highest BCUT2D eigenvalue weighted by Crippen LogP contribution is 2.43. The van der Waals surface area contributed by atoms with E-state index in [9.17, 15) is 0 Å². The molecule has 0 radical (unpaired) electrons. The Morgan fingerprint density at radius 1 is 0.475 bits per heavy atom. The van der Waals surface area contributed by atoms with Gasteiger partial charge in [0.2, 0.25) is 6.71 Å². The Labute approximate surface area is 239 Å². The maximum Gasteiger partial charge on any atom is 0.249 e. The van der Waals surface area contributed by atoms with Crippen molar-refractivity contribution in [3.8, 4) is 0 Å². The first-order valence-electron chi connectivity index (χ1n) is 13.7.